The van der Waals surface area contributed by atoms with E-state index in [-0.39, 0.29) is 6.61 Å². The maximum absolute atomic E-state index is 8.73. The van der Waals surface area contributed by atoms with E-state index in [4.69, 9.17) is 9.84 Å². The number of fused-ring (bicyclic) bond motifs is 1. The lowest BCUT2D eigenvalue weighted by Gasteiger charge is -2.35. The molecule has 4 heteroatoms. The third-order valence-electron chi connectivity index (χ3n) is 4.41. The zero-order valence-electron chi connectivity index (χ0n) is 11.9. The largest absolute Gasteiger partial charge is 0.491 e. The summed E-state index contributed by atoms with van der Waals surface area (Å²) >= 11 is 0. The highest BCUT2D eigenvalue weighted by molar-refractivity contribution is 5.47. The Bertz CT molecular complexity index is 421. The molecule has 4 nitrogen and oxygen atoms in total. The van der Waals surface area contributed by atoms with Gasteiger partial charge in [-0.1, -0.05) is 0 Å². The van der Waals surface area contributed by atoms with Crippen LogP contribution in [0.25, 0.3) is 0 Å². The maximum Gasteiger partial charge on any atom is 0.119 e. The minimum absolute atomic E-state index is 0.0555. The number of ether oxygens (including phenoxy) is 1. The van der Waals surface area contributed by atoms with Gasteiger partial charge in [-0.25, -0.2) is 0 Å². The Morgan fingerprint density at radius 2 is 2.05 bits per heavy atom. The van der Waals surface area contributed by atoms with Gasteiger partial charge in [0.25, 0.3) is 0 Å². The highest BCUT2D eigenvalue weighted by Gasteiger charge is 2.31. The molecule has 0 bridgehead atoms. The Hall–Kier alpha value is -1.26. The van der Waals surface area contributed by atoms with Gasteiger partial charge in [0.1, 0.15) is 12.4 Å². The van der Waals surface area contributed by atoms with Gasteiger partial charge in [0.15, 0.2) is 0 Å². The summed E-state index contributed by atoms with van der Waals surface area (Å²) in [5, 5.41) is 12.4. The van der Waals surface area contributed by atoms with Crippen molar-refractivity contribution in [2.75, 3.05) is 31.6 Å². The molecule has 2 N–H and O–H groups in total. The molecule has 20 heavy (non-hydrogen) atoms. The molecule has 0 aromatic heterocycles. The van der Waals surface area contributed by atoms with Crippen LogP contribution in [0, 0.1) is 0 Å². The van der Waals surface area contributed by atoms with Gasteiger partial charge in [0.2, 0.25) is 0 Å². The third kappa shape index (κ3) is 3.25. The van der Waals surface area contributed by atoms with Crippen molar-refractivity contribution >= 4 is 5.69 Å². The number of benzene rings is 1. The monoisotopic (exact) mass is 276 g/mol. The van der Waals surface area contributed by atoms with Gasteiger partial charge in [-0.15, -0.1) is 0 Å². The molecule has 2 atom stereocenters. The third-order valence-corrected chi connectivity index (χ3v) is 4.41. The number of aliphatic hydroxyl groups excluding tert-OH is 1. The molecule has 0 aliphatic carbocycles. The Kier molecular flexibility index (Phi) is 4.43. The Morgan fingerprint density at radius 1 is 1.20 bits per heavy atom. The number of rotatable bonds is 5. The van der Waals surface area contributed by atoms with Gasteiger partial charge >= 0.3 is 0 Å². The first-order valence-electron chi connectivity index (χ1n) is 7.69. The standard InChI is InChI=1S/C16H24N2O2/c19-10-11-20-16-5-3-13(4-6-16)17-14-7-9-18-8-1-2-15(18)12-14/h3-6,14-15,17,19H,1-2,7-12H2. The average Bonchev–Trinajstić information content (AvgIpc) is 2.94. The first-order valence-corrected chi connectivity index (χ1v) is 7.69. The molecule has 3 rings (SSSR count). The molecule has 0 amide bonds. The molecule has 1 aromatic rings. The number of anilines is 1. The van der Waals surface area contributed by atoms with Crippen molar-refractivity contribution in [2.24, 2.45) is 0 Å². The number of hydrogen-bond donors (Lipinski definition) is 2. The van der Waals surface area contributed by atoms with Gasteiger partial charge in [-0.2, -0.15) is 0 Å². The highest BCUT2D eigenvalue weighted by Crippen LogP contribution is 2.28. The number of hydrogen-bond acceptors (Lipinski definition) is 4. The molecular weight excluding hydrogens is 252 g/mol. The summed E-state index contributed by atoms with van der Waals surface area (Å²) in [6.45, 7) is 2.95. The van der Waals surface area contributed by atoms with Gasteiger partial charge in [0, 0.05) is 24.3 Å². The van der Waals surface area contributed by atoms with Crippen LogP contribution in [0.4, 0.5) is 5.69 Å². The molecule has 2 saturated heterocycles. The average molecular weight is 276 g/mol. The van der Waals surface area contributed by atoms with Crippen LogP contribution in [0.2, 0.25) is 0 Å². The topological polar surface area (TPSA) is 44.7 Å². The zero-order valence-corrected chi connectivity index (χ0v) is 11.9. The van der Waals surface area contributed by atoms with E-state index in [1.807, 2.05) is 12.1 Å². The van der Waals surface area contributed by atoms with Crippen LogP contribution in [0.15, 0.2) is 24.3 Å². The van der Waals surface area contributed by atoms with Crippen molar-refractivity contribution in [3.8, 4) is 5.75 Å². The van der Waals surface area contributed by atoms with Crippen LogP contribution in [-0.2, 0) is 0 Å². The minimum atomic E-state index is 0.0555. The summed E-state index contributed by atoms with van der Waals surface area (Å²) in [6.07, 6.45) is 5.24. The molecule has 0 saturated carbocycles. The van der Waals surface area contributed by atoms with E-state index in [0.717, 1.165) is 17.5 Å². The van der Waals surface area contributed by atoms with E-state index in [0.29, 0.717) is 12.6 Å². The molecule has 2 unspecified atom stereocenters. The number of aliphatic hydroxyl groups is 1. The lowest BCUT2D eigenvalue weighted by molar-refractivity contribution is 0.188. The molecule has 1 aromatic carbocycles. The smallest absolute Gasteiger partial charge is 0.119 e. The molecule has 2 fully saturated rings. The molecule has 110 valence electrons. The second-order valence-corrected chi connectivity index (χ2v) is 5.79. The van der Waals surface area contributed by atoms with Crippen molar-refractivity contribution in [3.63, 3.8) is 0 Å². The van der Waals surface area contributed by atoms with Crippen molar-refractivity contribution in [1.29, 1.82) is 0 Å². The molecule has 0 radical (unpaired) electrons. The van der Waals surface area contributed by atoms with Crippen LogP contribution in [0.1, 0.15) is 25.7 Å². The Labute approximate surface area is 120 Å². The van der Waals surface area contributed by atoms with E-state index in [1.54, 1.807) is 0 Å². The predicted molar refractivity (Wildman–Crippen MR) is 80.3 cm³/mol. The lowest BCUT2D eigenvalue weighted by Crippen LogP contribution is -2.42. The maximum atomic E-state index is 8.73. The van der Waals surface area contributed by atoms with Crippen LogP contribution in [0.3, 0.4) is 0 Å². The SMILES string of the molecule is OCCOc1ccc(NC2CCN3CCCC3C2)cc1. The van der Waals surface area contributed by atoms with Crippen LogP contribution in [-0.4, -0.2) is 48.4 Å². The first-order chi connectivity index (χ1) is 9.85. The zero-order chi connectivity index (χ0) is 13.8. The van der Waals surface area contributed by atoms with Crippen LogP contribution in [0.5, 0.6) is 5.75 Å². The number of piperidine rings is 1. The van der Waals surface area contributed by atoms with Gasteiger partial charge in [0.05, 0.1) is 6.61 Å². The summed E-state index contributed by atoms with van der Waals surface area (Å²) in [7, 11) is 0. The van der Waals surface area contributed by atoms with Gasteiger partial charge in [-0.05, 0) is 56.5 Å². The summed E-state index contributed by atoms with van der Waals surface area (Å²) in [4.78, 5) is 2.64. The predicted octanol–water partition coefficient (Wildman–Crippen LogP) is 2.10. The van der Waals surface area contributed by atoms with Gasteiger partial charge in [-0.3, -0.25) is 0 Å². The van der Waals surface area contributed by atoms with Crippen molar-refractivity contribution < 1.29 is 9.84 Å². The summed E-state index contributed by atoms with van der Waals surface area (Å²) in [5.74, 6) is 0.815. The fraction of sp³-hybridized carbons (Fsp3) is 0.625. The van der Waals surface area contributed by atoms with E-state index in [2.05, 4.69) is 22.3 Å². The number of nitrogens with one attached hydrogen (secondary N) is 1. The summed E-state index contributed by atoms with van der Waals surface area (Å²) in [5.41, 5.74) is 1.16. The lowest BCUT2D eigenvalue weighted by atomic mass is 9.97. The van der Waals surface area contributed by atoms with Crippen LogP contribution < -0.4 is 10.1 Å². The molecule has 2 aliphatic heterocycles. The molecule has 0 spiro atoms. The van der Waals surface area contributed by atoms with E-state index in [1.165, 1.54) is 38.8 Å². The number of nitrogens with zero attached hydrogens (tertiary/aromatic N) is 1. The molecule has 2 aliphatic rings. The highest BCUT2D eigenvalue weighted by atomic mass is 16.5. The fourth-order valence-electron chi connectivity index (χ4n) is 3.40. The van der Waals surface area contributed by atoms with Crippen molar-refractivity contribution in [2.45, 2.75) is 37.8 Å². The van der Waals surface area contributed by atoms with E-state index in [9.17, 15) is 0 Å². The quantitative estimate of drug-likeness (QED) is 0.864. The summed E-state index contributed by atoms with van der Waals surface area (Å²) < 4.78 is 5.37. The normalized spacial score (nSPS) is 26.2. The summed E-state index contributed by atoms with van der Waals surface area (Å²) in [6, 6.07) is 9.44. The van der Waals surface area contributed by atoms with E-state index < -0.39 is 0 Å². The second-order valence-electron chi connectivity index (χ2n) is 5.79. The Balaban J connectivity index is 1.52. The molecule has 2 heterocycles. The minimum Gasteiger partial charge on any atom is -0.491 e. The van der Waals surface area contributed by atoms with Crippen molar-refractivity contribution in [3.05, 3.63) is 24.3 Å². The second kappa shape index (κ2) is 6.46. The molecular formula is C16H24N2O2. The Morgan fingerprint density at radius 3 is 2.85 bits per heavy atom. The van der Waals surface area contributed by atoms with Gasteiger partial charge < -0.3 is 20.1 Å². The van der Waals surface area contributed by atoms with Crippen LogP contribution >= 0.6 is 0 Å². The first kappa shape index (κ1) is 13.7. The van der Waals surface area contributed by atoms with Crippen molar-refractivity contribution in [1.82, 2.24) is 4.90 Å². The van der Waals surface area contributed by atoms with E-state index >= 15 is 0 Å². The fourth-order valence-corrected chi connectivity index (χ4v) is 3.40.